The normalized spacial score (nSPS) is 19.0. The number of thiazole rings is 1. The molecule has 2 aromatic heterocycles. The molecule has 1 unspecified atom stereocenters. The highest BCUT2D eigenvalue weighted by molar-refractivity contribution is 7.15. The molecule has 3 heterocycles. The Balaban J connectivity index is 1.78. The molecule has 1 fully saturated rings. The van der Waals surface area contributed by atoms with Crippen LogP contribution in [0.3, 0.4) is 0 Å². The van der Waals surface area contributed by atoms with Gasteiger partial charge in [-0.2, -0.15) is 0 Å². The molecule has 0 spiro atoms. The van der Waals surface area contributed by atoms with Gasteiger partial charge in [-0.1, -0.05) is 0 Å². The molecule has 6 nitrogen and oxygen atoms in total. The maximum Gasteiger partial charge on any atom is 0.195 e. The average molecular weight is 310 g/mol. The second kappa shape index (κ2) is 6.74. The van der Waals surface area contributed by atoms with Crippen LogP contribution in [0.25, 0.3) is 4.96 Å². The predicted octanol–water partition coefficient (Wildman–Crippen LogP) is 1.36. The van der Waals surface area contributed by atoms with Gasteiger partial charge in [-0.25, -0.2) is 4.98 Å². The topological polar surface area (TPSA) is 51.0 Å². The van der Waals surface area contributed by atoms with Crippen molar-refractivity contribution in [3.8, 4) is 0 Å². The summed E-state index contributed by atoms with van der Waals surface area (Å²) in [5.74, 6) is 1.09. The second-order valence-corrected chi connectivity index (χ2v) is 6.07. The van der Waals surface area contributed by atoms with Gasteiger partial charge in [-0.3, -0.25) is 4.40 Å². The molecule has 21 heavy (non-hydrogen) atoms. The van der Waals surface area contributed by atoms with Gasteiger partial charge in [-0.15, -0.1) is 11.3 Å². The standard InChI is InChI=1S/C14H22N4O2S/c1-19-7-4-15-9-12-13(16-14-18(12)6-8-21-14)17-5-3-11(10-17)20-2/h6,8,11,15H,3-5,7,9-10H2,1-2H3. The van der Waals surface area contributed by atoms with Gasteiger partial charge in [0, 0.05) is 52.0 Å². The van der Waals surface area contributed by atoms with Crippen molar-refractivity contribution < 1.29 is 9.47 Å². The first-order valence-electron chi connectivity index (χ1n) is 7.25. The number of imidazole rings is 1. The van der Waals surface area contributed by atoms with Crippen LogP contribution in [-0.4, -0.2) is 55.9 Å². The lowest BCUT2D eigenvalue weighted by atomic mass is 10.3. The van der Waals surface area contributed by atoms with E-state index >= 15 is 0 Å². The first kappa shape index (κ1) is 14.8. The zero-order valence-corrected chi connectivity index (χ0v) is 13.4. The van der Waals surface area contributed by atoms with E-state index in [0.717, 1.165) is 50.0 Å². The van der Waals surface area contributed by atoms with E-state index in [1.54, 1.807) is 25.6 Å². The van der Waals surface area contributed by atoms with Gasteiger partial charge >= 0.3 is 0 Å². The van der Waals surface area contributed by atoms with E-state index < -0.39 is 0 Å². The lowest BCUT2D eigenvalue weighted by molar-refractivity contribution is 0.121. The van der Waals surface area contributed by atoms with Gasteiger partial charge in [0.2, 0.25) is 0 Å². The van der Waals surface area contributed by atoms with E-state index in [1.807, 2.05) is 0 Å². The number of methoxy groups -OCH3 is 2. The summed E-state index contributed by atoms with van der Waals surface area (Å²) in [6, 6.07) is 0. The Morgan fingerprint density at radius 3 is 3.14 bits per heavy atom. The van der Waals surface area contributed by atoms with Crippen molar-refractivity contribution in [1.82, 2.24) is 14.7 Å². The number of hydrogen-bond donors (Lipinski definition) is 1. The maximum atomic E-state index is 5.47. The molecule has 1 atom stereocenters. The Morgan fingerprint density at radius 2 is 2.38 bits per heavy atom. The fourth-order valence-corrected chi connectivity index (χ4v) is 3.46. The van der Waals surface area contributed by atoms with Gasteiger partial charge in [0.1, 0.15) is 0 Å². The van der Waals surface area contributed by atoms with Crippen LogP contribution >= 0.6 is 11.3 Å². The van der Waals surface area contributed by atoms with E-state index in [1.165, 1.54) is 5.69 Å². The van der Waals surface area contributed by atoms with E-state index in [4.69, 9.17) is 14.5 Å². The zero-order valence-electron chi connectivity index (χ0n) is 12.5. The molecule has 0 aromatic carbocycles. The zero-order chi connectivity index (χ0) is 14.7. The van der Waals surface area contributed by atoms with E-state index in [2.05, 4.69) is 26.2 Å². The van der Waals surface area contributed by atoms with E-state index in [9.17, 15) is 0 Å². The molecule has 0 bridgehead atoms. The molecule has 1 aliphatic rings. The summed E-state index contributed by atoms with van der Waals surface area (Å²) in [6.45, 7) is 4.29. The number of fused-ring (bicyclic) bond motifs is 1. The van der Waals surface area contributed by atoms with Gasteiger partial charge in [-0.05, 0) is 6.42 Å². The Morgan fingerprint density at radius 1 is 1.48 bits per heavy atom. The first-order chi connectivity index (χ1) is 10.3. The SMILES string of the molecule is COCCNCc1c(N2CCC(OC)C2)nc2sccn12. The maximum absolute atomic E-state index is 5.47. The predicted molar refractivity (Wildman–Crippen MR) is 84.3 cm³/mol. The molecule has 3 rings (SSSR count). The van der Waals surface area contributed by atoms with Gasteiger partial charge in [0.25, 0.3) is 0 Å². The Kier molecular flexibility index (Phi) is 4.74. The third-order valence-electron chi connectivity index (χ3n) is 3.89. The highest BCUT2D eigenvalue weighted by Crippen LogP contribution is 2.28. The number of nitrogens with zero attached hydrogens (tertiary/aromatic N) is 3. The van der Waals surface area contributed by atoms with Crippen LogP contribution in [0.5, 0.6) is 0 Å². The van der Waals surface area contributed by atoms with Crippen LogP contribution in [0, 0.1) is 0 Å². The number of nitrogens with one attached hydrogen (secondary N) is 1. The summed E-state index contributed by atoms with van der Waals surface area (Å²) in [7, 11) is 3.51. The van der Waals surface area contributed by atoms with Crippen molar-refractivity contribution in [3.05, 3.63) is 17.3 Å². The molecular weight excluding hydrogens is 288 g/mol. The Labute approximate surface area is 128 Å². The molecule has 1 saturated heterocycles. The van der Waals surface area contributed by atoms with Gasteiger partial charge < -0.3 is 19.7 Å². The van der Waals surface area contributed by atoms with E-state index in [-0.39, 0.29) is 0 Å². The minimum absolute atomic E-state index is 0.319. The number of rotatable bonds is 7. The summed E-state index contributed by atoms with van der Waals surface area (Å²) in [6.07, 6.45) is 3.48. The summed E-state index contributed by atoms with van der Waals surface area (Å²) >= 11 is 1.67. The summed E-state index contributed by atoms with van der Waals surface area (Å²) in [4.78, 5) is 8.19. The summed E-state index contributed by atoms with van der Waals surface area (Å²) in [5.41, 5.74) is 1.22. The second-order valence-electron chi connectivity index (χ2n) is 5.20. The van der Waals surface area contributed by atoms with Crippen LogP contribution in [0.4, 0.5) is 5.82 Å². The largest absolute Gasteiger partial charge is 0.383 e. The molecule has 2 aromatic rings. The van der Waals surface area contributed by atoms with Crippen molar-refractivity contribution in [2.24, 2.45) is 0 Å². The molecular formula is C14H22N4O2S. The molecule has 1 aliphatic heterocycles. The van der Waals surface area contributed by atoms with Gasteiger partial charge in [0.05, 0.1) is 18.4 Å². The van der Waals surface area contributed by atoms with Crippen molar-refractivity contribution >= 4 is 22.1 Å². The van der Waals surface area contributed by atoms with Crippen molar-refractivity contribution in [1.29, 1.82) is 0 Å². The van der Waals surface area contributed by atoms with Crippen molar-refractivity contribution in [3.63, 3.8) is 0 Å². The van der Waals surface area contributed by atoms with Crippen LogP contribution < -0.4 is 10.2 Å². The lowest BCUT2D eigenvalue weighted by Crippen LogP contribution is -2.26. The molecule has 1 N–H and O–H groups in total. The molecule has 116 valence electrons. The van der Waals surface area contributed by atoms with Crippen LogP contribution in [-0.2, 0) is 16.0 Å². The quantitative estimate of drug-likeness (QED) is 0.783. The molecule has 7 heteroatoms. The van der Waals surface area contributed by atoms with Crippen molar-refractivity contribution in [2.45, 2.75) is 19.1 Å². The Bertz CT molecular complexity index is 583. The monoisotopic (exact) mass is 310 g/mol. The number of anilines is 1. The molecule has 0 radical (unpaired) electrons. The molecule has 0 aliphatic carbocycles. The van der Waals surface area contributed by atoms with Crippen LogP contribution in [0.1, 0.15) is 12.1 Å². The summed E-state index contributed by atoms with van der Waals surface area (Å²) < 4.78 is 12.7. The van der Waals surface area contributed by atoms with Crippen LogP contribution in [0.15, 0.2) is 11.6 Å². The first-order valence-corrected chi connectivity index (χ1v) is 8.13. The smallest absolute Gasteiger partial charge is 0.195 e. The number of ether oxygens (including phenoxy) is 2. The summed E-state index contributed by atoms with van der Waals surface area (Å²) in [5, 5.41) is 5.50. The third kappa shape index (κ3) is 3.06. The fourth-order valence-electron chi connectivity index (χ4n) is 2.73. The molecule has 0 saturated carbocycles. The molecule has 0 amide bonds. The number of aromatic nitrogens is 2. The Hall–Kier alpha value is -1.15. The highest BCUT2D eigenvalue weighted by atomic mass is 32.1. The number of hydrogen-bond acceptors (Lipinski definition) is 6. The highest BCUT2D eigenvalue weighted by Gasteiger charge is 2.27. The van der Waals surface area contributed by atoms with Gasteiger partial charge in [0.15, 0.2) is 10.8 Å². The van der Waals surface area contributed by atoms with E-state index in [0.29, 0.717) is 6.10 Å². The lowest BCUT2D eigenvalue weighted by Gasteiger charge is -2.17. The fraction of sp³-hybridized carbons (Fsp3) is 0.643. The van der Waals surface area contributed by atoms with Crippen molar-refractivity contribution in [2.75, 3.05) is 45.4 Å². The minimum Gasteiger partial charge on any atom is -0.383 e. The third-order valence-corrected chi connectivity index (χ3v) is 4.65. The van der Waals surface area contributed by atoms with Crippen LogP contribution in [0.2, 0.25) is 0 Å². The average Bonchev–Trinajstić information content (AvgIpc) is 3.19. The minimum atomic E-state index is 0.319.